The maximum Gasteiger partial charge on any atom is 0.254 e. The molecule has 0 amide bonds. The molecule has 1 aliphatic heterocycles. The molecular weight excluding hydrogens is 342 g/mol. The van der Waals surface area contributed by atoms with E-state index in [1.165, 1.54) is 17.5 Å². The molecule has 0 unspecified atom stereocenters. The zero-order valence-electron chi connectivity index (χ0n) is 15.6. The van der Waals surface area contributed by atoms with E-state index in [1.54, 1.807) is 11.6 Å². The van der Waals surface area contributed by atoms with Crippen LogP contribution in [0.3, 0.4) is 0 Å². The van der Waals surface area contributed by atoms with Gasteiger partial charge in [0, 0.05) is 31.8 Å². The highest BCUT2D eigenvalue weighted by atomic mass is 16.5. The summed E-state index contributed by atoms with van der Waals surface area (Å²) in [5.74, 6) is 2.53. The molecule has 140 valence electrons. The third-order valence-electron chi connectivity index (χ3n) is 4.64. The molecule has 0 saturated heterocycles. The number of methoxy groups -OCH3 is 1. The number of ether oxygens (including phenoxy) is 2. The van der Waals surface area contributed by atoms with Crippen molar-refractivity contribution in [2.24, 2.45) is 0 Å². The fourth-order valence-electron chi connectivity index (χ4n) is 3.43. The van der Waals surface area contributed by atoms with Crippen LogP contribution < -0.4 is 9.64 Å². The van der Waals surface area contributed by atoms with Crippen LogP contribution in [0, 0.1) is 0 Å². The van der Waals surface area contributed by atoms with Gasteiger partial charge in [0.05, 0.1) is 18.9 Å². The van der Waals surface area contributed by atoms with Gasteiger partial charge >= 0.3 is 0 Å². The summed E-state index contributed by atoms with van der Waals surface area (Å²) < 4.78 is 12.8. The molecule has 0 spiro atoms. The van der Waals surface area contributed by atoms with Gasteiger partial charge in [-0.1, -0.05) is 24.3 Å². The Balaban J connectivity index is 1.62. The standard InChI is InChI=1S/C20H23N5O2/c1-3-27-18-7-5-4-6-17(18)15-8-10-24(11-9-15)19-12-16(13-26-2)23-20-21-14-22-25(19)20/h4-8,12,14H,3,9-11,13H2,1-2H3. The van der Waals surface area contributed by atoms with Gasteiger partial charge in [0.25, 0.3) is 5.78 Å². The summed E-state index contributed by atoms with van der Waals surface area (Å²) in [6.45, 7) is 4.81. The fourth-order valence-corrected chi connectivity index (χ4v) is 3.43. The fraction of sp³-hybridized carbons (Fsp3) is 0.350. The average Bonchev–Trinajstić information content (AvgIpc) is 3.17. The second kappa shape index (κ2) is 7.75. The van der Waals surface area contributed by atoms with E-state index in [9.17, 15) is 0 Å². The van der Waals surface area contributed by atoms with Crippen LogP contribution in [0.4, 0.5) is 5.82 Å². The second-order valence-electron chi connectivity index (χ2n) is 6.37. The molecule has 0 saturated carbocycles. The maximum absolute atomic E-state index is 5.79. The lowest BCUT2D eigenvalue weighted by Gasteiger charge is -2.29. The Labute approximate surface area is 158 Å². The van der Waals surface area contributed by atoms with Crippen molar-refractivity contribution in [2.45, 2.75) is 20.0 Å². The van der Waals surface area contributed by atoms with Crippen molar-refractivity contribution in [3.05, 3.63) is 54.0 Å². The van der Waals surface area contributed by atoms with E-state index in [2.05, 4.69) is 38.2 Å². The van der Waals surface area contributed by atoms with E-state index >= 15 is 0 Å². The Morgan fingerprint density at radius 3 is 2.89 bits per heavy atom. The molecule has 0 atom stereocenters. The van der Waals surface area contributed by atoms with Gasteiger partial charge in [-0.15, -0.1) is 0 Å². The Kier molecular flexibility index (Phi) is 5.02. The molecule has 3 heterocycles. The molecule has 3 aromatic rings. The minimum atomic E-state index is 0.451. The molecule has 0 fully saturated rings. The van der Waals surface area contributed by atoms with Crippen LogP contribution in [0.15, 0.2) is 42.7 Å². The Morgan fingerprint density at radius 2 is 2.11 bits per heavy atom. The van der Waals surface area contributed by atoms with Crippen molar-refractivity contribution in [1.82, 2.24) is 19.6 Å². The number of hydrogen-bond acceptors (Lipinski definition) is 6. The summed E-state index contributed by atoms with van der Waals surface area (Å²) in [7, 11) is 1.67. The highest BCUT2D eigenvalue weighted by Crippen LogP contribution is 2.31. The summed E-state index contributed by atoms with van der Waals surface area (Å²) in [6, 6.07) is 10.3. The first-order valence-corrected chi connectivity index (χ1v) is 9.15. The van der Waals surface area contributed by atoms with Crippen LogP contribution in [0.25, 0.3) is 11.4 Å². The summed E-state index contributed by atoms with van der Waals surface area (Å²) in [5.41, 5.74) is 3.35. The molecule has 0 N–H and O–H groups in total. The van der Waals surface area contributed by atoms with Gasteiger partial charge in [0.1, 0.15) is 17.9 Å². The third-order valence-corrected chi connectivity index (χ3v) is 4.64. The van der Waals surface area contributed by atoms with E-state index in [0.29, 0.717) is 19.0 Å². The van der Waals surface area contributed by atoms with Crippen molar-refractivity contribution in [1.29, 1.82) is 0 Å². The van der Waals surface area contributed by atoms with E-state index in [4.69, 9.17) is 9.47 Å². The lowest BCUT2D eigenvalue weighted by molar-refractivity contribution is 0.181. The second-order valence-corrected chi connectivity index (χ2v) is 6.37. The highest BCUT2D eigenvalue weighted by Gasteiger charge is 2.19. The van der Waals surface area contributed by atoms with Gasteiger partial charge in [-0.2, -0.15) is 14.6 Å². The molecular formula is C20H23N5O2. The molecule has 1 aromatic carbocycles. The summed E-state index contributed by atoms with van der Waals surface area (Å²) in [5, 5.41) is 4.33. The number of aromatic nitrogens is 4. The molecule has 0 radical (unpaired) electrons. The van der Waals surface area contributed by atoms with Crippen molar-refractivity contribution in [2.75, 3.05) is 31.7 Å². The number of nitrogens with zero attached hydrogens (tertiary/aromatic N) is 5. The lowest BCUT2D eigenvalue weighted by atomic mass is 9.98. The summed E-state index contributed by atoms with van der Waals surface area (Å²) in [6.07, 6.45) is 4.73. The minimum absolute atomic E-state index is 0.451. The molecule has 0 bridgehead atoms. The number of fused-ring (bicyclic) bond motifs is 1. The molecule has 7 heteroatoms. The largest absolute Gasteiger partial charge is 0.493 e. The normalized spacial score (nSPS) is 14.4. The van der Waals surface area contributed by atoms with E-state index < -0.39 is 0 Å². The number of rotatable bonds is 6. The van der Waals surface area contributed by atoms with Gasteiger partial charge < -0.3 is 14.4 Å². The summed E-state index contributed by atoms with van der Waals surface area (Å²) >= 11 is 0. The number of para-hydroxylation sites is 1. The van der Waals surface area contributed by atoms with Crippen LogP contribution in [0.1, 0.15) is 24.6 Å². The van der Waals surface area contributed by atoms with Crippen molar-refractivity contribution in [3.63, 3.8) is 0 Å². The van der Waals surface area contributed by atoms with Crippen LogP contribution in [0.5, 0.6) is 5.75 Å². The quantitative estimate of drug-likeness (QED) is 0.669. The lowest BCUT2D eigenvalue weighted by Crippen LogP contribution is -2.30. The predicted octanol–water partition coefficient (Wildman–Crippen LogP) is 2.96. The Morgan fingerprint density at radius 1 is 1.22 bits per heavy atom. The first-order valence-electron chi connectivity index (χ1n) is 9.15. The number of anilines is 1. The van der Waals surface area contributed by atoms with E-state index in [0.717, 1.165) is 36.8 Å². The summed E-state index contributed by atoms with van der Waals surface area (Å²) in [4.78, 5) is 11.0. The van der Waals surface area contributed by atoms with Crippen LogP contribution in [-0.4, -0.2) is 46.4 Å². The average molecular weight is 365 g/mol. The topological polar surface area (TPSA) is 64.8 Å². The smallest absolute Gasteiger partial charge is 0.254 e. The predicted molar refractivity (Wildman–Crippen MR) is 104 cm³/mol. The third kappa shape index (κ3) is 3.50. The zero-order chi connectivity index (χ0) is 18.6. The molecule has 4 rings (SSSR count). The minimum Gasteiger partial charge on any atom is -0.493 e. The van der Waals surface area contributed by atoms with Gasteiger partial charge in [0.2, 0.25) is 0 Å². The van der Waals surface area contributed by atoms with Crippen molar-refractivity contribution < 1.29 is 9.47 Å². The zero-order valence-corrected chi connectivity index (χ0v) is 15.6. The number of benzene rings is 1. The maximum atomic E-state index is 5.79. The molecule has 27 heavy (non-hydrogen) atoms. The Hall–Kier alpha value is -2.93. The van der Waals surface area contributed by atoms with Crippen LogP contribution in [0.2, 0.25) is 0 Å². The first kappa shape index (κ1) is 17.5. The molecule has 1 aliphatic rings. The number of hydrogen-bond donors (Lipinski definition) is 0. The Bertz CT molecular complexity index is 966. The van der Waals surface area contributed by atoms with E-state index in [-0.39, 0.29) is 0 Å². The highest BCUT2D eigenvalue weighted by molar-refractivity contribution is 5.72. The molecule has 7 nitrogen and oxygen atoms in total. The van der Waals surface area contributed by atoms with Gasteiger partial charge in [-0.3, -0.25) is 0 Å². The van der Waals surface area contributed by atoms with Gasteiger partial charge in [-0.05, 0) is 25.0 Å². The molecule has 2 aromatic heterocycles. The van der Waals surface area contributed by atoms with Crippen LogP contribution in [-0.2, 0) is 11.3 Å². The first-order chi connectivity index (χ1) is 13.3. The van der Waals surface area contributed by atoms with E-state index in [1.807, 2.05) is 25.1 Å². The van der Waals surface area contributed by atoms with Crippen molar-refractivity contribution >= 4 is 17.2 Å². The van der Waals surface area contributed by atoms with Gasteiger partial charge in [0.15, 0.2) is 0 Å². The van der Waals surface area contributed by atoms with Gasteiger partial charge in [-0.25, -0.2) is 4.98 Å². The molecule has 0 aliphatic carbocycles. The monoisotopic (exact) mass is 365 g/mol. The van der Waals surface area contributed by atoms with Crippen LogP contribution >= 0.6 is 0 Å². The van der Waals surface area contributed by atoms with Crippen molar-refractivity contribution in [3.8, 4) is 5.75 Å². The SMILES string of the molecule is CCOc1ccccc1C1=CCN(c2cc(COC)nc3ncnn23)CC1.